The standard InChI is InChI=1S/C12H17BrFNS/c1-8(2)6-16-7-12(15)10-5-9(13)3-4-11(10)14/h3-5,8,12H,6-7,15H2,1-2H3. The maximum absolute atomic E-state index is 13.5. The molecule has 0 saturated carbocycles. The van der Waals surface area contributed by atoms with E-state index in [1.807, 2.05) is 0 Å². The Morgan fingerprint density at radius 2 is 2.06 bits per heavy atom. The third kappa shape index (κ3) is 4.44. The lowest BCUT2D eigenvalue weighted by atomic mass is 10.1. The van der Waals surface area contributed by atoms with Gasteiger partial charge in [0.25, 0.3) is 0 Å². The largest absolute Gasteiger partial charge is 0.323 e. The van der Waals surface area contributed by atoms with Crippen LogP contribution in [0.15, 0.2) is 22.7 Å². The van der Waals surface area contributed by atoms with Crippen LogP contribution in [-0.2, 0) is 0 Å². The average molecular weight is 306 g/mol. The van der Waals surface area contributed by atoms with Crippen molar-refractivity contribution in [2.45, 2.75) is 19.9 Å². The van der Waals surface area contributed by atoms with Crippen molar-refractivity contribution in [3.05, 3.63) is 34.1 Å². The Morgan fingerprint density at radius 1 is 1.38 bits per heavy atom. The number of hydrogen-bond acceptors (Lipinski definition) is 2. The highest BCUT2D eigenvalue weighted by molar-refractivity contribution is 9.10. The van der Waals surface area contributed by atoms with Crippen molar-refractivity contribution in [1.29, 1.82) is 0 Å². The zero-order valence-electron chi connectivity index (χ0n) is 9.54. The summed E-state index contributed by atoms with van der Waals surface area (Å²) in [7, 11) is 0. The lowest BCUT2D eigenvalue weighted by molar-refractivity contribution is 0.594. The fourth-order valence-electron chi connectivity index (χ4n) is 1.32. The Labute approximate surface area is 109 Å². The van der Waals surface area contributed by atoms with Crippen LogP contribution >= 0.6 is 27.7 Å². The second-order valence-electron chi connectivity index (χ2n) is 4.20. The number of hydrogen-bond donors (Lipinski definition) is 1. The van der Waals surface area contributed by atoms with Gasteiger partial charge in [-0.15, -0.1) is 0 Å². The second kappa shape index (κ2) is 6.62. The molecule has 1 atom stereocenters. The summed E-state index contributed by atoms with van der Waals surface area (Å²) >= 11 is 5.10. The molecule has 0 aromatic heterocycles. The molecule has 0 saturated heterocycles. The molecular weight excluding hydrogens is 289 g/mol. The van der Waals surface area contributed by atoms with Crippen molar-refractivity contribution in [2.24, 2.45) is 11.7 Å². The minimum Gasteiger partial charge on any atom is -0.323 e. The Morgan fingerprint density at radius 3 is 2.69 bits per heavy atom. The first-order valence-corrected chi connectivity index (χ1v) is 7.23. The van der Waals surface area contributed by atoms with Crippen LogP contribution in [0.3, 0.4) is 0 Å². The van der Waals surface area contributed by atoms with Gasteiger partial charge in [-0.05, 0) is 29.9 Å². The third-order valence-electron chi connectivity index (χ3n) is 2.11. The molecule has 0 fully saturated rings. The van der Waals surface area contributed by atoms with Crippen LogP contribution in [0.25, 0.3) is 0 Å². The van der Waals surface area contributed by atoms with Gasteiger partial charge in [-0.1, -0.05) is 29.8 Å². The fraction of sp³-hybridized carbons (Fsp3) is 0.500. The van der Waals surface area contributed by atoms with E-state index < -0.39 is 0 Å². The molecule has 0 aliphatic rings. The Kier molecular flexibility index (Phi) is 5.79. The SMILES string of the molecule is CC(C)CSCC(N)c1cc(Br)ccc1F. The smallest absolute Gasteiger partial charge is 0.128 e. The maximum Gasteiger partial charge on any atom is 0.128 e. The lowest BCUT2D eigenvalue weighted by Gasteiger charge is -2.13. The molecule has 0 bridgehead atoms. The molecule has 0 aliphatic heterocycles. The number of rotatable bonds is 5. The minimum atomic E-state index is -0.235. The second-order valence-corrected chi connectivity index (χ2v) is 6.19. The summed E-state index contributed by atoms with van der Waals surface area (Å²) in [5, 5.41) is 0. The molecule has 0 spiro atoms. The quantitative estimate of drug-likeness (QED) is 0.890. The summed E-state index contributed by atoms with van der Waals surface area (Å²) < 4.78 is 14.4. The molecule has 1 rings (SSSR count). The van der Waals surface area contributed by atoms with Crippen LogP contribution in [0, 0.1) is 11.7 Å². The van der Waals surface area contributed by atoms with Crippen molar-refractivity contribution in [3.8, 4) is 0 Å². The Balaban J connectivity index is 2.58. The van der Waals surface area contributed by atoms with E-state index in [-0.39, 0.29) is 11.9 Å². The molecule has 0 aliphatic carbocycles. The summed E-state index contributed by atoms with van der Waals surface area (Å²) in [5.41, 5.74) is 6.56. The zero-order chi connectivity index (χ0) is 12.1. The molecule has 1 unspecified atom stereocenters. The number of halogens is 2. The Bertz CT molecular complexity index is 344. The normalized spacial score (nSPS) is 13.1. The van der Waals surface area contributed by atoms with Crippen LogP contribution in [0.5, 0.6) is 0 Å². The zero-order valence-corrected chi connectivity index (χ0v) is 11.9. The molecule has 0 heterocycles. The summed E-state index contributed by atoms with van der Waals surface area (Å²) in [5.74, 6) is 2.24. The molecule has 2 N–H and O–H groups in total. The van der Waals surface area contributed by atoms with E-state index >= 15 is 0 Å². The molecule has 90 valence electrons. The van der Waals surface area contributed by atoms with E-state index in [0.717, 1.165) is 16.0 Å². The summed E-state index contributed by atoms with van der Waals surface area (Å²) in [6, 6.07) is 4.66. The first-order valence-electron chi connectivity index (χ1n) is 5.29. The molecule has 1 aromatic carbocycles. The van der Waals surface area contributed by atoms with E-state index in [4.69, 9.17) is 5.73 Å². The van der Waals surface area contributed by atoms with Gasteiger partial charge in [0.2, 0.25) is 0 Å². The van der Waals surface area contributed by atoms with Crippen molar-refractivity contribution in [2.75, 3.05) is 11.5 Å². The summed E-state index contributed by atoms with van der Waals surface area (Å²) in [6.07, 6.45) is 0. The number of benzene rings is 1. The molecule has 1 nitrogen and oxygen atoms in total. The predicted molar refractivity (Wildman–Crippen MR) is 73.2 cm³/mol. The van der Waals surface area contributed by atoms with Gasteiger partial charge >= 0.3 is 0 Å². The monoisotopic (exact) mass is 305 g/mol. The van der Waals surface area contributed by atoms with Gasteiger partial charge < -0.3 is 5.73 Å². The van der Waals surface area contributed by atoms with Crippen LogP contribution in [0.2, 0.25) is 0 Å². The first kappa shape index (κ1) is 14.0. The van der Waals surface area contributed by atoms with Crippen LogP contribution in [-0.4, -0.2) is 11.5 Å². The number of nitrogens with two attached hydrogens (primary N) is 1. The molecule has 0 radical (unpaired) electrons. The van der Waals surface area contributed by atoms with E-state index in [2.05, 4.69) is 29.8 Å². The highest BCUT2D eigenvalue weighted by Gasteiger charge is 2.12. The molecule has 4 heteroatoms. The van der Waals surface area contributed by atoms with E-state index in [0.29, 0.717) is 11.5 Å². The molecule has 0 amide bonds. The highest BCUT2D eigenvalue weighted by atomic mass is 79.9. The lowest BCUT2D eigenvalue weighted by Crippen LogP contribution is -2.15. The highest BCUT2D eigenvalue weighted by Crippen LogP contribution is 2.23. The number of thioether (sulfide) groups is 1. The van der Waals surface area contributed by atoms with E-state index in [1.54, 1.807) is 23.9 Å². The predicted octanol–water partition coefficient (Wildman–Crippen LogP) is 3.98. The topological polar surface area (TPSA) is 26.0 Å². The van der Waals surface area contributed by atoms with Gasteiger partial charge in [-0.25, -0.2) is 4.39 Å². The minimum absolute atomic E-state index is 0.221. The van der Waals surface area contributed by atoms with Crippen LogP contribution < -0.4 is 5.73 Å². The first-order chi connectivity index (χ1) is 7.50. The van der Waals surface area contributed by atoms with Gasteiger partial charge in [0.1, 0.15) is 5.82 Å². The van der Waals surface area contributed by atoms with Crippen molar-refractivity contribution < 1.29 is 4.39 Å². The maximum atomic E-state index is 13.5. The van der Waals surface area contributed by atoms with E-state index in [1.165, 1.54) is 6.07 Å². The van der Waals surface area contributed by atoms with Crippen molar-refractivity contribution in [1.82, 2.24) is 0 Å². The Hall–Kier alpha value is -0.0600. The fourth-order valence-corrected chi connectivity index (χ4v) is 2.74. The average Bonchev–Trinajstić information content (AvgIpc) is 2.21. The third-order valence-corrected chi connectivity index (χ3v) is 4.10. The molecular formula is C12H17BrFNS. The molecule has 16 heavy (non-hydrogen) atoms. The van der Waals surface area contributed by atoms with Gasteiger partial charge in [0, 0.05) is 21.8 Å². The van der Waals surface area contributed by atoms with Crippen LogP contribution in [0.4, 0.5) is 4.39 Å². The van der Waals surface area contributed by atoms with E-state index in [9.17, 15) is 4.39 Å². The van der Waals surface area contributed by atoms with Crippen molar-refractivity contribution in [3.63, 3.8) is 0 Å². The van der Waals surface area contributed by atoms with Gasteiger partial charge in [-0.2, -0.15) is 11.8 Å². The molecule has 1 aromatic rings. The van der Waals surface area contributed by atoms with Crippen LogP contribution in [0.1, 0.15) is 25.5 Å². The summed E-state index contributed by atoms with van der Waals surface area (Å²) in [4.78, 5) is 0. The summed E-state index contributed by atoms with van der Waals surface area (Å²) in [6.45, 7) is 4.33. The van der Waals surface area contributed by atoms with Crippen molar-refractivity contribution >= 4 is 27.7 Å². The van der Waals surface area contributed by atoms with Gasteiger partial charge in [0.15, 0.2) is 0 Å². The van der Waals surface area contributed by atoms with Gasteiger partial charge in [-0.3, -0.25) is 0 Å². The van der Waals surface area contributed by atoms with Gasteiger partial charge in [0.05, 0.1) is 0 Å².